The SMILES string of the molecule is CCC(C(=O)N1CCC(C)(C(=O)O)C1)c1ccc(F)cc1. The van der Waals surface area contributed by atoms with Gasteiger partial charge in [-0.25, -0.2) is 4.39 Å². The average molecular weight is 293 g/mol. The van der Waals surface area contributed by atoms with Crippen molar-refractivity contribution in [1.82, 2.24) is 4.90 Å². The van der Waals surface area contributed by atoms with E-state index in [4.69, 9.17) is 0 Å². The van der Waals surface area contributed by atoms with Gasteiger partial charge in [0.15, 0.2) is 0 Å². The molecule has 1 saturated heterocycles. The molecule has 5 heteroatoms. The van der Waals surface area contributed by atoms with Crippen molar-refractivity contribution in [2.75, 3.05) is 13.1 Å². The summed E-state index contributed by atoms with van der Waals surface area (Å²) in [5, 5.41) is 9.24. The molecule has 0 radical (unpaired) electrons. The summed E-state index contributed by atoms with van der Waals surface area (Å²) in [7, 11) is 0. The summed E-state index contributed by atoms with van der Waals surface area (Å²) in [4.78, 5) is 25.5. The van der Waals surface area contributed by atoms with Gasteiger partial charge in [-0.1, -0.05) is 19.1 Å². The Balaban J connectivity index is 2.15. The summed E-state index contributed by atoms with van der Waals surface area (Å²) < 4.78 is 13.0. The zero-order valence-electron chi connectivity index (χ0n) is 12.3. The molecule has 1 N–H and O–H groups in total. The Morgan fingerprint density at radius 1 is 1.38 bits per heavy atom. The third-order valence-electron chi connectivity index (χ3n) is 4.28. The van der Waals surface area contributed by atoms with Crippen molar-refractivity contribution in [3.8, 4) is 0 Å². The molecule has 1 fully saturated rings. The van der Waals surface area contributed by atoms with Crippen LogP contribution in [-0.2, 0) is 9.59 Å². The maximum Gasteiger partial charge on any atom is 0.311 e. The number of carboxylic acid groups (broad SMARTS) is 1. The lowest BCUT2D eigenvalue weighted by atomic mass is 9.90. The van der Waals surface area contributed by atoms with Crippen LogP contribution >= 0.6 is 0 Å². The quantitative estimate of drug-likeness (QED) is 0.928. The van der Waals surface area contributed by atoms with Gasteiger partial charge in [-0.2, -0.15) is 0 Å². The number of hydrogen-bond donors (Lipinski definition) is 1. The first-order valence-corrected chi connectivity index (χ1v) is 7.15. The molecule has 1 amide bonds. The molecule has 4 nitrogen and oxygen atoms in total. The largest absolute Gasteiger partial charge is 0.481 e. The van der Waals surface area contributed by atoms with Crippen molar-refractivity contribution in [3.05, 3.63) is 35.6 Å². The first kappa shape index (κ1) is 15.5. The Labute approximate surface area is 123 Å². The second-order valence-electron chi connectivity index (χ2n) is 5.89. The van der Waals surface area contributed by atoms with Gasteiger partial charge in [0, 0.05) is 13.1 Å². The van der Waals surface area contributed by atoms with Crippen molar-refractivity contribution >= 4 is 11.9 Å². The third-order valence-corrected chi connectivity index (χ3v) is 4.28. The van der Waals surface area contributed by atoms with Crippen LogP contribution in [0.3, 0.4) is 0 Å². The first-order chi connectivity index (χ1) is 9.87. The predicted molar refractivity (Wildman–Crippen MR) is 76.4 cm³/mol. The highest BCUT2D eigenvalue weighted by atomic mass is 19.1. The van der Waals surface area contributed by atoms with Crippen LogP contribution in [0.5, 0.6) is 0 Å². The Morgan fingerprint density at radius 3 is 2.48 bits per heavy atom. The molecule has 1 aromatic rings. The molecule has 21 heavy (non-hydrogen) atoms. The molecular weight excluding hydrogens is 273 g/mol. The van der Waals surface area contributed by atoms with E-state index in [2.05, 4.69) is 0 Å². The second kappa shape index (κ2) is 5.84. The number of likely N-dealkylation sites (tertiary alicyclic amines) is 1. The van der Waals surface area contributed by atoms with Crippen LogP contribution in [0.2, 0.25) is 0 Å². The molecule has 0 aromatic heterocycles. The molecule has 0 saturated carbocycles. The Hall–Kier alpha value is -1.91. The number of benzene rings is 1. The van der Waals surface area contributed by atoms with Gasteiger partial charge >= 0.3 is 5.97 Å². The minimum atomic E-state index is -0.868. The number of aliphatic carboxylic acids is 1. The molecule has 1 aliphatic rings. The van der Waals surface area contributed by atoms with Gasteiger partial charge in [-0.15, -0.1) is 0 Å². The number of nitrogens with zero attached hydrogens (tertiary/aromatic N) is 1. The van der Waals surface area contributed by atoms with Gasteiger partial charge in [-0.05, 0) is 37.5 Å². The summed E-state index contributed by atoms with van der Waals surface area (Å²) in [6.07, 6.45) is 1.07. The Morgan fingerprint density at radius 2 is 2.00 bits per heavy atom. The van der Waals surface area contributed by atoms with Crippen LogP contribution in [0.4, 0.5) is 4.39 Å². The van der Waals surface area contributed by atoms with Crippen LogP contribution in [0, 0.1) is 11.2 Å². The van der Waals surface area contributed by atoms with E-state index in [9.17, 15) is 19.1 Å². The predicted octanol–water partition coefficient (Wildman–Crippen LogP) is 2.64. The van der Waals surface area contributed by atoms with E-state index in [0.29, 0.717) is 19.4 Å². The summed E-state index contributed by atoms with van der Waals surface area (Å²) in [6, 6.07) is 5.93. The van der Waals surface area contributed by atoms with E-state index < -0.39 is 11.4 Å². The zero-order valence-corrected chi connectivity index (χ0v) is 12.3. The van der Waals surface area contributed by atoms with Gasteiger partial charge in [0.1, 0.15) is 5.82 Å². The van der Waals surface area contributed by atoms with Crippen LogP contribution < -0.4 is 0 Å². The van der Waals surface area contributed by atoms with E-state index >= 15 is 0 Å². The first-order valence-electron chi connectivity index (χ1n) is 7.15. The minimum Gasteiger partial charge on any atom is -0.481 e. The molecule has 0 spiro atoms. The highest BCUT2D eigenvalue weighted by Gasteiger charge is 2.43. The number of carboxylic acids is 1. The van der Waals surface area contributed by atoms with Crippen molar-refractivity contribution in [3.63, 3.8) is 0 Å². The lowest BCUT2D eigenvalue weighted by Gasteiger charge is -2.24. The molecular formula is C16H20FNO3. The van der Waals surface area contributed by atoms with Crippen LogP contribution in [0.25, 0.3) is 0 Å². The molecule has 1 heterocycles. The van der Waals surface area contributed by atoms with Crippen molar-refractivity contribution in [2.45, 2.75) is 32.6 Å². The van der Waals surface area contributed by atoms with Gasteiger partial charge in [0.2, 0.25) is 5.91 Å². The normalized spacial score (nSPS) is 23.1. The zero-order chi connectivity index (χ0) is 15.6. The molecule has 2 rings (SSSR count). The number of rotatable bonds is 4. The number of carbonyl (C=O) groups is 2. The van der Waals surface area contributed by atoms with E-state index in [1.807, 2.05) is 6.92 Å². The summed E-state index contributed by atoms with van der Waals surface area (Å²) in [6.45, 7) is 4.26. The standard InChI is InChI=1S/C16H20FNO3/c1-3-13(11-4-6-12(17)7-5-11)14(19)18-9-8-16(2,10-18)15(20)21/h4-7,13H,3,8-10H2,1-2H3,(H,20,21). The summed E-state index contributed by atoms with van der Waals surface area (Å²) >= 11 is 0. The Kier molecular flexibility index (Phi) is 4.30. The van der Waals surface area contributed by atoms with E-state index in [1.54, 1.807) is 24.0 Å². The fourth-order valence-corrected chi connectivity index (χ4v) is 2.79. The van der Waals surface area contributed by atoms with Crippen molar-refractivity contribution in [1.29, 1.82) is 0 Å². The van der Waals surface area contributed by atoms with Gasteiger partial charge in [0.25, 0.3) is 0 Å². The smallest absolute Gasteiger partial charge is 0.311 e. The maximum absolute atomic E-state index is 13.0. The number of carbonyl (C=O) groups excluding carboxylic acids is 1. The molecule has 0 aliphatic carbocycles. The monoisotopic (exact) mass is 293 g/mol. The lowest BCUT2D eigenvalue weighted by Crippen LogP contribution is -2.37. The molecule has 2 atom stereocenters. The van der Waals surface area contributed by atoms with E-state index in [1.165, 1.54) is 12.1 Å². The van der Waals surface area contributed by atoms with E-state index in [-0.39, 0.29) is 24.2 Å². The van der Waals surface area contributed by atoms with Crippen LogP contribution in [-0.4, -0.2) is 35.0 Å². The van der Waals surface area contributed by atoms with Crippen LogP contribution in [0.1, 0.15) is 38.2 Å². The van der Waals surface area contributed by atoms with E-state index in [0.717, 1.165) is 5.56 Å². The molecule has 0 bridgehead atoms. The number of hydrogen-bond acceptors (Lipinski definition) is 2. The average Bonchev–Trinajstić information content (AvgIpc) is 2.86. The fourth-order valence-electron chi connectivity index (χ4n) is 2.79. The minimum absolute atomic E-state index is 0.0749. The van der Waals surface area contributed by atoms with Crippen molar-refractivity contribution < 1.29 is 19.1 Å². The molecule has 114 valence electrons. The number of amides is 1. The second-order valence-corrected chi connectivity index (χ2v) is 5.89. The van der Waals surface area contributed by atoms with Gasteiger partial charge < -0.3 is 10.0 Å². The topological polar surface area (TPSA) is 57.6 Å². The molecule has 2 unspecified atom stereocenters. The van der Waals surface area contributed by atoms with Gasteiger partial charge in [0.05, 0.1) is 11.3 Å². The van der Waals surface area contributed by atoms with Gasteiger partial charge in [-0.3, -0.25) is 9.59 Å². The molecule has 1 aliphatic heterocycles. The van der Waals surface area contributed by atoms with Crippen molar-refractivity contribution in [2.24, 2.45) is 5.41 Å². The number of halogens is 1. The third kappa shape index (κ3) is 3.06. The summed E-state index contributed by atoms with van der Waals surface area (Å²) in [5.41, 5.74) is -0.0932. The fraction of sp³-hybridized carbons (Fsp3) is 0.500. The highest BCUT2D eigenvalue weighted by Crippen LogP contribution is 2.33. The molecule has 1 aromatic carbocycles. The maximum atomic E-state index is 13.0. The Bertz CT molecular complexity index is 543. The lowest BCUT2D eigenvalue weighted by molar-refractivity contribution is -0.147. The van der Waals surface area contributed by atoms with Crippen LogP contribution in [0.15, 0.2) is 24.3 Å². The highest BCUT2D eigenvalue weighted by molar-refractivity contribution is 5.85. The summed E-state index contributed by atoms with van der Waals surface area (Å²) in [5.74, 6) is -1.62.